The van der Waals surface area contributed by atoms with Crippen molar-refractivity contribution in [1.29, 1.82) is 0 Å². The third-order valence-electron chi connectivity index (χ3n) is 4.31. The minimum atomic E-state index is -3.54. The summed E-state index contributed by atoms with van der Waals surface area (Å²) in [5, 5.41) is -0.00624. The molecule has 1 heterocycles. The van der Waals surface area contributed by atoms with Crippen molar-refractivity contribution in [2.75, 3.05) is 7.05 Å². The van der Waals surface area contributed by atoms with Gasteiger partial charge < -0.3 is 4.42 Å². The fraction of sp³-hybridized carbons (Fsp3) is 0.714. The molecule has 1 aliphatic carbocycles. The molecule has 0 aliphatic heterocycles. The maximum Gasteiger partial charge on any atom is 0.276 e. The molecule has 4 nitrogen and oxygen atoms in total. The van der Waals surface area contributed by atoms with Crippen LogP contribution in [0.2, 0.25) is 0 Å². The van der Waals surface area contributed by atoms with E-state index >= 15 is 0 Å². The second kappa shape index (κ2) is 6.50. The first-order valence-corrected chi connectivity index (χ1v) is 9.09. The third-order valence-corrected chi connectivity index (χ3v) is 6.36. The Kier molecular flexibility index (Phi) is 5.15. The lowest BCUT2D eigenvalue weighted by molar-refractivity contribution is 0.229. The van der Waals surface area contributed by atoms with Gasteiger partial charge in [0.2, 0.25) is 5.09 Å². The molecule has 0 aromatic carbocycles. The van der Waals surface area contributed by atoms with Crippen LogP contribution in [0, 0.1) is 5.92 Å². The Morgan fingerprint density at radius 1 is 1.30 bits per heavy atom. The van der Waals surface area contributed by atoms with E-state index in [2.05, 4.69) is 6.92 Å². The Morgan fingerprint density at radius 3 is 2.45 bits per heavy atom. The number of hydrogen-bond donors (Lipinski definition) is 0. The highest BCUT2D eigenvalue weighted by molar-refractivity contribution is 7.89. The molecule has 114 valence electrons. The van der Waals surface area contributed by atoms with Gasteiger partial charge >= 0.3 is 0 Å². The van der Waals surface area contributed by atoms with E-state index in [0.29, 0.717) is 5.76 Å². The SMILES string of the molecule is CCC1CCC(N(C)S(=O)(=O)c2ccc(CCl)o2)CC1. The van der Waals surface area contributed by atoms with E-state index in [4.69, 9.17) is 16.0 Å². The molecule has 0 radical (unpaired) electrons. The van der Waals surface area contributed by atoms with Gasteiger partial charge in [-0.2, -0.15) is 4.31 Å². The van der Waals surface area contributed by atoms with Crippen LogP contribution in [0.3, 0.4) is 0 Å². The second-order valence-corrected chi connectivity index (χ2v) is 7.65. The molecule has 0 N–H and O–H groups in total. The molecule has 6 heteroatoms. The highest BCUT2D eigenvalue weighted by atomic mass is 35.5. The maximum atomic E-state index is 12.5. The number of alkyl halides is 1. The van der Waals surface area contributed by atoms with Gasteiger partial charge in [0.15, 0.2) is 0 Å². The van der Waals surface area contributed by atoms with Crippen LogP contribution < -0.4 is 0 Å². The van der Waals surface area contributed by atoms with Crippen LogP contribution in [0.15, 0.2) is 21.6 Å². The summed E-state index contributed by atoms with van der Waals surface area (Å²) in [5.41, 5.74) is 0. The fourth-order valence-electron chi connectivity index (χ4n) is 2.82. The van der Waals surface area contributed by atoms with Gasteiger partial charge in [0, 0.05) is 13.1 Å². The Bertz CT molecular complexity index is 532. The largest absolute Gasteiger partial charge is 0.447 e. The van der Waals surface area contributed by atoms with Gasteiger partial charge in [-0.25, -0.2) is 8.42 Å². The van der Waals surface area contributed by atoms with Crippen molar-refractivity contribution < 1.29 is 12.8 Å². The molecule has 0 spiro atoms. The molecule has 0 unspecified atom stereocenters. The Balaban J connectivity index is 2.09. The van der Waals surface area contributed by atoms with Crippen molar-refractivity contribution >= 4 is 21.6 Å². The van der Waals surface area contributed by atoms with Crippen molar-refractivity contribution in [2.45, 2.75) is 56.0 Å². The van der Waals surface area contributed by atoms with Crippen LogP contribution in [0.5, 0.6) is 0 Å². The third kappa shape index (κ3) is 3.21. The first-order valence-electron chi connectivity index (χ1n) is 7.11. The highest BCUT2D eigenvalue weighted by Gasteiger charge is 2.32. The molecular formula is C14H22ClNO3S. The molecule has 1 aliphatic rings. The lowest BCUT2D eigenvalue weighted by Gasteiger charge is -2.33. The van der Waals surface area contributed by atoms with Crippen LogP contribution in [0.1, 0.15) is 44.8 Å². The van der Waals surface area contributed by atoms with Crippen LogP contribution in [0.4, 0.5) is 0 Å². The van der Waals surface area contributed by atoms with Crippen LogP contribution in [0.25, 0.3) is 0 Å². The number of hydrogen-bond acceptors (Lipinski definition) is 3. The summed E-state index contributed by atoms with van der Waals surface area (Å²) in [6.07, 6.45) is 5.24. The van der Waals surface area contributed by atoms with Gasteiger partial charge in [-0.15, -0.1) is 11.6 Å². The van der Waals surface area contributed by atoms with E-state index in [9.17, 15) is 8.42 Å². The standard InChI is InChI=1S/C14H22ClNO3S/c1-3-11-4-6-12(7-5-11)16(2)20(17,18)14-9-8-13(10-15)19-14/h8-9,11-12H,3-7,10H2,1-2H3. The van der Waals surface area contributed by atoms with E-state index in [0.717, 1.165) is 31.6 Å². The molecule has 20 heavy (non-hydrogen) atoms. The molecule has 0 saturated heterocycles. The molecule has 1 saturated carbocycles. The van der Waals surface area contributed by atoms with E-state index in [1.807, 2.05) is 0 Å². The molecule has 2 rings (SSSR count). The Hall–Kier alpha value is -0.520. The summed E-state index contributed by atoms with van der Waals surface area (Å²) >= 11 is 5.65. The number of sulfonamides is 1. The monoisotopic (exact) mass is 319 g/mol. The first kappa shape index (κ1) is 15.9. The zero-order valence-corrected chi connectivity index (χ0v) is 13.6. The smallest absolute Gasteiger partial charge is 0.276 e. The number of rotatable bonds is 5. The fourth-order valence-corrected chi connectivity index (χ4v) is 4.31. The lowest BCUT2D eigenvalue weighted by atomic mass is 9.85. The van der Waals surface area contributed by atoms with E-state index < -0.39 is 10.0 Å². The van der Waals surface area contributed by atoms with Crippen LogP contribution >= 0.6 is 11.6 Å². The first-order chi connectivity index (χ1) is 9.48. The molecule has 1 aromatic rings. The average molecular weight is 320 g/mol. The minimum Gasteiger partial charge on any atom is -0.447 e. The number of halogens is 1. The van der Waals surface area contributed by atoms with Gasteiger partial charge in [-0.05, 0) is 43.7 Å². The summed E-state index contributed by atoms with van der Waals surface area (Å²) in [6, 6.07) is 3.18. The predicted molar refractivity (Wildman–Crippen MR) is 79.3 cm³/mol. The molecular weight excluding hydrogens is 298 g/mol. The van der Waals surface area contributed by atoms with Crippen LogP contribution in [-0.2, 0) is 15.9 Å². The van der Waals surface area contributed by atoms with Gasteiger partial charge in [-0.3, -0.25) is 0 Å². The van der Waals surface area contributed by atoms with E-state index in [1.54, 1.807) is 13.1 Å². The number of nitrogens with zero attached hydrogens (tertiary/aromatic N) is 1. The van der Waals surface area contributed by atoms with Gasteiger partial charge in [0.05, 0.1) is 5.88 Å². The molecule has 0 amide bonds. The summed E-state index contributed by atoms with van der Waals surface area (Å²) in [5.74, 6) is 1.41. The highest BCUT2D eigenvalue weighted by Crippen LogP contribution is 2.31. The normalized spacial score (nSPS) is 24.2. The van der Waals surface area contributed by atoms with Gasteiger partial charge in [0.25, 0.3) is 10.0 Å². The summed E-state index contributed by atoms with van der Waals surface area (Å²) < 4.78 is 31.8. The molecule has 1 fully saturated rings. The van der Waals surface area contributed by atoms with Crippen LogP contribution in [-0.4, -0.2) is 25.8 Å². The predicted octanol–water partition coefficient (Wildman–Crippen LogP) is 3.61. The zero-order valence-electron chi connectivity index (χ0n) is 12.0. The van der Waals surface area contributed by atoms with E-state index in [-0.39, 0.29) is 17.0 Å². The van der Waals surface area contributed by atoms with Crippen molar-refractivity contribution in [3.63, 3.8) is 0 Å². The maximum absolute atomic E-state index is 12.5. The quantitative estimate of drug-likeness (QED) is 0.779. The van der Waals surface area contributed by atoms with Crippen molar-refractivity contribution in [3.8, 4) is 0 Å². The molecule has 0 bridgehead atoms. The van der Waals surface area contributed by atoms with Crippen molar-refractivity contribution in [2.24, 2.45) is 5.92 Å². The van der Waals surface area contributed by atoms with Gasteiger partial charge in [-0.1, -0.05) is 13.3 Å². The second-order valence-electron chi connectivity index (χ2n) is 5.46. The topological polar surface area (TPSA) is 50.5 Å². The summed E-state index contributed by atoms with van der Waals surface area (Å²) in [7, 11) is -1.90. The van der Waals surface area contributed by atoms with E-state index in [1.165, 1.54) is 16.8 Å². The average Bonchev–Trinajstić information content (AvgIpc) is 2.96. The lowest BCUT2D eigenvalue weighted by Crippen LogP contribution is -2.39. The molecule has 1 aromatic heterocycles. The minimum absolute atomic E-state index is 0.00624. The number of furan rings is 1. The summed E-state index contributed by atoms with van der Waals surface area (Å²) in [4.78, 5) is 0. The Labute approximate surface area is 126 Å². The van der Waals surface area contributed by atoms with Gasteiger partial charge in [0.1, 0.15) is 5.76 Å². The Morgan fingerprint density at radius 2 is 1.95 bits per heavy atom. The zero-order chi connectivity index (χ0) is 14.8. The molecule has 0 atom stereocenters. The van der Waals surface area contributed by atoms with Crippen molar-refractivity contribution in [3.05, 3.63) is 17.9 Å². The summed E-state index contributed by atoms with van der Waals surface area (Å²) in [6.45, 7) is 2.20. The van der Waals surface area contributed by atoms with Crippen molar-refractivity contribution in [1.82, 2.24) is 4.31 Å².